The number of nitrogen functional groups attached to an aromatic ring is 1. The topological polar surface area (TPSA) is 215 Å². The molecule has 2 aliphatic heterocycles. The number of nitrogens with two attached hydrogens (primary N) is 1. The van der Waals surface area contributed by atoms with Crippen LogP contribution in [0.3, 0.4) is 0 Å². The molecule has 2 aliphatic rings. The summed E-state index contributed by atoms with van der Waals surface area (Å²) in [5.74, 6) is -2.62. The lowest BCUT2D eigenvalue weighted by Gasteiger charge is -2.49. The van der Waals surface area contributed by atoms with Crippen LogP contribution in [0.15, 0.2) is 35.9 Å². The van der Waals surface area contributed by atoms with Crippen LogP contribution in [0.25, 0.3) is 0 Å². The summed E-state index contributed by atoms with van der Waals surface area (Å²) in [4.78, 5) is 74.5. The first-order valence-electron chi connectivity index (χ1n) is 9.52. The summed E-state index contributed by atoms with van der Waals surface area (Å²) >= 11 is 3.14. The molecule has 1 saturated heterocycles. The SMILES string of the molecule is CON=C(C(=O)NC1C(=O)N2C(C(=O)O)=C(Sc3nc(=O)c(=O)[nH]n3C)CS[C@@H]12)c1csc(N)n1. The molecule has 0 spiro atoms. The Morgan fingerprint density at radius 1 is 1.37 bits per heavy atom. The van der Waals surface area contributed by atoms with Crippen molar-refractivity contribution in [3.05, 3.63) is 42.4 Å². The number of anilines is 1. The average Bonchev–Trinajstić information content (AvgIpc) is 3.24. The van der Waals surface area contributed by atoms with Crippen molar-refractivity contribution in [1.29, 1.82) is 0 Å². The van der Waals surface area contributed by atoms with E-state index < -0.39 is 40.3 Å². The Morgan fingerprint density at radius 3 is 2.74 bits per heavy atom. The molecule has 2 amide bonds. The lowest BCUT2D eigenvalue weighted by atomic mass is 10.0. The molecule has 0 radical (unpaired) electrons. The molecule has 2 aromatic rings. The van der Waals surface area contributed by atoms with Crippen molar-refractivity contribution in [2.45, 2.75) is 16.6 Å². The van der Waals surface area contributed by atoms with E-state index in [9.17, 15) is 29.1 Å². The number of nitrogens with zero attached hydrogens (tertiary/aromatic N) is 5. The molecule has 0 saturated carbocycles. The number of carboxylic acids is 1. The van der Waals surface area contributed by atoms with Crippen LogP contribution < -0.4 is 22.2 Å². The van der Waals surface area contributed by atoms with E-state index in [2.05, 4.69) is 25.5 Å². The monoisotopic (exact) mass is 540 g/mol. The Bertz CT molecular complexity index is 1410. The highest BCUT2D eigenvalue weighted by atomic mass is 32.2. The fourth-order valence-corrected chi connectivity index (χ4v) is 6.23. The van der Waals surface area contributed by atoms with E-state index in [1.54, 1.807) is 0 Å². The summed E-state index contributed by atoms with van der Waals surface area (Å²) in [6, 6.07) is -1.03. The molecule has 2 aromatic heterocycles. The maximum Gasteiger partial charge on any atom is 0.353 e. The maximum atomic E-state index is 12.9. The van der Waals surface area contributed by atoms with Gasteiger partial charge in [0.1, 0.15) is 29.9 Å². The number of hydrogen-bond acceptors (Lipinski definition) is 13. The van der Waals surface area contributed by atoms with E-state index in [-0.39, 0.29) is 38.0 Å². The molecule has 4 heterocycles. The van der Waals surface area contributed by atoms with Gasteiger partial charge in [-0.2, -0.15) is 4.98 Å². The number of β-lactam (4-membered cyclic amide) rings is 1. The number of nitrogens with one attached hydrogen (secondary N) is 2. The number of amides is 2. The van der Waals surface area contributed by atoms with Gasteiger partial charge in [0.15, 0.2) is 16.0 Å². The maximum absolute atomic E-state index is 12.9. The predicted molar refractivity (Wildman–Crippen MR) is 126 cm³/mol. The number of rotatable bonds is 7. The third kappa shape index (κ3) is 4.54. The van der Waals surface area contributed by atoms with Crippen molar-refractivity contribution in [1.82, 2.24) is 30.0 Å². The molecule has 4 rings (SSSR count). The van der Waals surface area contributed by atoms with Crippen molar-refractivity contribution in [3.63, 3.8) is 0 Å². The molecule has 1 fully saturated rings. The Hall–Kier alpha value is -3.64. The van der Waals surface area contributed by atoms with E-state index in [0.717, 1.165) is 28.0 Å². The van der Waals surface area contributed by atoms with Crippen LogP contribution in [-0.4, -0.2) is 77.5 Å². The zero-order valence-electron chi connectivity index (χ0n) is 17.9. The van der Waals surface area contributed by atoms with Gasteiger partial charge < -0.3 is 21.0 Å². The molecule has 0 aromatic carbocycles. The van der Waals surface area contributed by atoms with Crippen LogP contribution in [0.2, 0.25) is 0 Å². The Balaban J connectivity index is 1.57. The van der Waals surface area contributed by atoms with E-state index in [1.807, 2.05) is 0 Å². The first kappa shape index (κ1) is 24.5. The van der Waals surface area contributed by atoms with E-state index in [1.165, 1.54) is 36.0 Å². The second-order valence-electron chi connectivity index (χ2n) is 6.93. The minimum absolute atomic E-state index is 0.0446. The lowest BCUT2D eigenvalue weighted by Crippen LogP contribution is -2.71. The zero-order valence-corrected chi connectivity index (χ0v) is 20.3. The molecule has 0 aliphatic carbocycles. The number of aliphatic carboxylic acids is 1. The highest BCUT2D eigenvalue weighted by Crippen LogP contribution is 2.44. The number of thiazole rings is 1. The summed E-state index contributed by atoms with van der Waals surface area (Å²) in [7, 11) is 2.68. The van der Waals surface area contributed by atoms with Gasteiger partial charge in [-0.1, -0.05) is 16.9 Å². The fraction of sp³-hybridized carbons (Fsp3) is 0.294. The first-order valence-corrected chi connectivity index (χ1v) is 12.3. The van der Waals surface area contributed by atoms with Crippen molar-refractivity contribution in [2.24, 2.45) is 12.2 Å². The summed E-state index contributed by atoms with van der Waals surface area (Å²) in [6.07, 6.45) is 0. The third-order valence-electron chi connectivity index (χ3n) is 4.75. The molecule has 2 atom stereocenters. The van der Waals surface area contributed by atoms with Crippen molar-refractivity contribution >= 4 is 63.5 Å². The average molecular weight is 541 g/mol. The second-order valence-corrected chi connectivity index (χ2v) is 9.99. The molecule has 15 nitrogen and oxygen atoms in total. The van der Waals surface area contributed by atoms with Gasteiger partial charge >= 0.3 is 17.1 Å². The standard InChI is InChI=1S/C17H16N8O7S3/c1-24-17(21-11(27)12(28)22-24)35-6-4-33-14-8(13(29)25(14)9(6)15(30)31)20-10(26)7(23-32-2)5-3-34-16(18)19-5/h3,8,14H,4H2,1-2H3,(H2,18,19)(H,20,26)(H,22,28)(H,30,31)/t8?,14-/m0/s1. The molecular formula is C17H16N8O7S3. The number of carbonyl (C=O) groups is 3. The summed E-state index contributed by atoms with van der Waals surface area (Å²) < 4.78 is 1.18. The van der Waals surface area contributed by atoms with Crippen molar-refractivity contribution < 1.29 is 24.3 Å². The zero-order chi connectivity index (χ0) is 25.4. The molecule has 18 heteroatoms. The first-order chi connectivity index (χ1) is 16.6. The van der Waals surface area contributed by atoms with E-state index >= 15 is 0 Å². The highest BCUT2D eigenvalue weighted by molar-refractivity contribution is 8.06. The molecule has 1 unspecified atom stereocenters. The number of aromatic nitrogens is 4. The second kappa shape index (κ2) is 9.55. The van der Waals surface area contributed by atoms with Gasteiger partial charge in [-0.05, 0) is 0 Å². The molecule has 0 bridgehead atoms. The van der Waals surface area contributed by atoms with Gasteiger partial charge in [0.2, 0.25) is 0 Å². The number of aryl methyl sites for hydroxylation is 1. The van der Waals surface area contributed by atoms with Gasteiger partial charge in [-0.25, -0.2) is 9.78 Å². The minimum atomic E-state index is -1.37. The minimum Gasteiger partial charge on any atom is -0.477 e. The number of carboxylic acid groups (broad SMARTS) is 1. The van der Waals surface area contributed by atoms with Crippen LogP contribution in [-0.2, 0) is 26.3 Å². The van der Waals surface area contributed by atoms with Crippen LogP contribution in [0.4, 0.5) is 5.13 Å². The highest BCUT2D eigenvalue weighted by Gasteiger charge is 2.54. The molecular weight excluding hydrogens is 524 g/mol. The number of hydrogen-bond donors (Lipinski definition) is 4. The molecule has 5 N–H and O–H groups in total. The van der Waals surface area contributed by atoms with Crippen molar-refractivity contribution in [2.75, 3.05) is 18.6 Å². The van der Waals surface area contributed by atoms with Crippen LogP contribution in [0.1, 0.15) is 5.69 Å². The quantitative estimate of drug-likeness (QED) is 0.134. The fourth-order valence-electron chi connectivity index (χ4n) is 3.23. The summed E-state index contributed by atoms with van der Waals surface area (Å²) in [5, 5.41) is 19.4. The van der Waals surface area contributed by atoms with Crippen molar-refractivity contribution in [3.8, 4) is 0 Å². The summed E-state index contributed by atoms with van der Waals surface area (Å²) in [5.41, 5.74) is 3.34. The van der Waals surface area contributed by atoms with Gasteiger partial charge in [0, 0.05) is 23.1 Å². The number of aromatic amines is 1. The number of thioether (sulfide) groups is 2. The third-order valence-corrected chi connectivity index (χ3v) is 8.02. The number of carbonyl (C=O) groups excluding carboxylic acids is 2. The van der Waals surface area contributed by atoms with Crippen LogP contribution >= 0.6 is 34.9 Å². The smallest absolute Gasteiger partial charge is 0.353 e. The van der Waals surface area contributed by atoms with Crippen LogP contribution in [0.5, 0.6) is 0 Å². The number of fused-ring (bicyclic) bond motifs is 1. The summed E-state index contributed by atoms with van der Waals surface area (Å²) in [6.45, 7) is 0. The normalized spacial score (nSPS) is 19.8. The Kier molecular flexibility index (Phi) is 6.68. The predicted octanol–water partition coefficient (Wildman–Crippen LogP) is -1.65. The number of oxime groups is 1. The largest absolute Gasteiger partial charge is 0.477 e. The van der Waals surface area contributed by atoms with Gasteiger partial charge in [-0.3, -0.25) is 33.9 Å². The van der Waals surface area contributed by atoms with Gasteiger partial charge in [0.25, 0.3) is 11.8 Å². The Labute approximate surface area is 207 Å². The van der Waals surface area contributed by atoms with Crippen LogP contribution in [0, 0.1) is 0 Å². The van der Waals surface area contributed by atoms with Gasteiger partial charge in [-0.15, -0.1) is 23.1 Å². The molecule has 184 valence electrons. The van der Waals surface area contributed by atoms with E-state index in [0.29, 0.717) is 0 Å². The molecule has 35 heavy (non-hydrogen) atoms. The lowest BCUT2D eigenvalue weighted by molar-refractivity contribution is -0.150. The van der Waals surface area contributed by atoms with E-state index in [4.69, 9.17) is 10.6 Å². The number of H-pyrrole nitrogens is 1. The Morgan fingerprint density at radius 2 is 2.11 bits per heavy atom. The van der Waals surface area contributed by atoms with Gasteiger partial charge in [0.05, 0.1) is 0 Å².